The van der Waals surface area contributed by atoms with Crippen molar-refractivity contribution in [2.75, 3.05) is 13.2 Å². The van der Waals surface area contributed by atoms with Crippen LogP contribution in [0.5, 0.6) is 17.2 Å². The summed E-state index contributed by atoms with van der Waals surface area (Å²) in [4.78, 5) is 36.3. The van der Waals surface area contributed by atoms with Crippen LogP contribution in [0.3, 0.4) is 0 Å². The maximum Gasteiger partial charge on any atom is 0.344 e. The number of aryl methyl sites for hydroxylation is 1. The molecular formula is C24H24O8. The van der Waals surface area contributed by atoms with Crippen LogP contribution in [-0.2, 0) is 14.3 Å². The van der Waals surface area contributed by atoms with E-state index in [0.717, 1.165) is 0 Å². The summed E-state index contributed by atoms with van der Waals surface area (Å²) in [6, 6.07) is 10.9. The first-order valence-corrected chi connectivity index (χ1v) is 10.1. The van der Waals surface area contributed by atoms with Crippen molar-refractivity contribution in [3.05, 3.63) is 64.0 Å². The lowest BCUT2D eigenvalue weighted by atomic mass is 10.2. The van der Waals surface area contributed by atoms with Crippen LogP contribution < -0.4 is 14.9 Å². The van der Waals surface area contributed by atoms with Crippen molar-refractivity contribution in [2.24, 2.45) is 0 Å². The zero-order valence-electron chi connectivity index (χ0n) is 18.3. The van der Waals surface area contributed by atoms with Crippen LogP contribution >= 0.6 is 0 Å². The Hall–Kier alpha value is -3.81. The summed E-state index contributed by atoms with van der Waals surface area (Å²) in [7, 11) is 0. The van der Waals surface area contributed by atoms with Crippen LogP contribution in [0.1, 0.15) is 36.9 Å². The summed E-state index contributed by atoms with van der Waals surface area (Å²) in [6.07, 6.45) is -0.233. The molecule has 0 atom stereocenters. The first-order valence-electron chi connectivity index (χ1n) is 10.1. The van der Waals surface area contributed by atoms with Gasteiger partial charge in [-0.15, -0.1) is 0 Å². The Labute approximate surface area is 184 Å². The molecule has 0 aliphatic heterocycles. The quantitative estimate of drug-likeness (QED) is 0.475. The van der Waals surface area contributed by atoms with Crippen LogP contribution in [0.2, 0.25) is 0 Å². The van der Waals surface area contributed by atoms with Crippen LogP contribution in [-0.4, -0.2) is 31.3 Å². The van der Waals surface area contributed by atoms with Gasteiger partial charge in [-0.05, 0) is 64.1 Å². The molecule has 3 rings (SSSR count). The zero-order valence-corrected chi connectivity index (χ0v) is 18.3. The zero-order chi connectivity index (χ0) is 23.3. The minimum absolute atomic E-state index is 0.0376. The minimum Gasteiger partial charge on any atom is -0.482 e. The molecule has 0 radical (unpaired) electrons. The predicted molar refractivity (Wildman–Crippen MR) is 116 cm³/mol. The van der Waals surface area contributed by atoms with E-state index in [1.807, 2.05) is 0 Å². The molecule has 1 aromatic heterocycles. The number of benzene rings is 2. The van der Waals surface area contributed by atoms with Crippen LogP contribution in [0.25, 0.3) is 11.0 Å². The molecule has 3 aromatic rings. The highest BCUT2D eigenvalue weighted by atomic mass is 16.6. The van der Waals surface area contributed by atoms with E-state index in [1.165, 1.54) is 6.07 Å². The molecule has 2 aromatic carbocycles. The fraction of sp³-hybridized carbons (Fsp3) is 0.292. The van der Waals surface area contributed by atoms with Crippen LogP contribution in [0, 0.1) is 6.92 Å². The van der Waals surface area contributed by atoms with Crippen molar-refractivity contribution in [3.8, 4) is 17.2 Å². The predicted octanol–water partition coefficient (Wildman–Crippen LogP) is 4.40. The SMILES string of the molecule is CCOC(=O)c1ccc(Oc2c(C)oc3cc(OCC(=O)OC(C)C)ccc3c2=O)cc1. The summed E-state index contributed by atoms with van der Waals surface area (Å²) in [6.45, 7) is 6.86. The molecule has 8 heteroatoms. The molecule has 0 unspecified atom stereocenters. The second-order valence-electron chi connectivity index (χ2n) is 7.15. The summed E-state index contributed by atoms with van der Waals surface area (Å²) < 4.78 is 26.9. The van der Waals surface area contributed by atoms with E-state index in [2.05, 4.69) is 0 Å². The van der Waals surface area contributed by atoms with E-state index in [1.54, 1.807) is 64.1 Å². The maximum atomic E-state index is 12.9. The van der Waals surface area contributed by atoms with Crippen molar-refractivity contribution in [2.45, 2.75) is 33.8 Å². The monoisotopic (exact) mass is 440 g/mol. The maximum absolute atomic E-state index is 12.9. The van der Waals surface area contributed by atoms with E-state index in [9.17, 15) is 14.4 Å². The van der Waals surface area contributed by atoms with Gasteiger partial charge >= 0.3 is 11.9 Å². The molecule has 0 fully saturated rings. The third-order valence-electron chi connectivity index (χ3n) is 4.30. The normalized spacial score (nSPS) is 10.8. The van der Waals surface area contributed by atoms with Gasteiger partial charge in [0.2, 0.25) is 11.2 Å². The Morgan fingerprint density at radius 2 is 1.72 bits per heavy atom. The first kappa shape index (κ1) is 22.9. The fourth-order valence-corrected chi connectivity index (χ4v) is 2.91. The van der Waals surface area contributed by atoms with E-state index in [4.69, 9.17) is 23.4 Å². The van der Waals surface area contributed by atoms with Crippen molar-refractivity contribution >= 4 is 22.9 Å². The lowest BCUT2D eigenvalue weighted by Gasteiger charge is -2.11. The number of ether oxygens (including phenoxy) is 4. The Morgan fingerprint density at radius 1 is 1.03 bits per heavy atom. The van der Waals surface area contributed by atoms with Crippen molar-refractivity contribution in [1.29, 1.82) is 0 Å². The highest BCUT2D eigenvalue weighted by molar-refractivity contribution is 5.89. The molecule has 1 heterocycles. The van der Waals surface area contributed by atoms with Gasteiger partial charge in [0.05, 0.1) is 23.7 Å². The molecule has 8 nitrogen and oxygen atoms in total. The highest BCUT2D eigenvalue weighted by Crippen LogP contribution is 2.27. The molecule has 168 valence electrons. The van der Waals surface area contributed by atoms with Gasteiger partial charge < -0.3 is 23.4 Å². The van der Waals surface area contributed by atoms with Gasteiger partial charge in [-0.3, -0.25) is 4.79 Å². The largest absolute Gasteiger partial charge is 0.482 e. The third kappa shape index (κ3) is 5.46. The number of carbonyl (C=O) groups is 2. The van der Waals surface area contributed by atoms with E-state index in [0.29, 0.717) is 28.0 Å². The fourth-order valence-electron chi connectivity index (χ4n) is 2.91. The topological polar surface area (TPSA) is 101 Å². The molecule has 32 heavy (non-hydrogen) atoms. The second kappa shape index (κ2) is 10.00. The van der Waals surface area contributed by atoms with E-state index < -0.39 is 11.9 Å². The van der Waals surface area contributed by atoms with Crippen molar-refractivity contribution in [1.82, 2.24) is 0 Å². The second-order valence-corrected chi connectivity index (χ2v) is 7.15. The summed E-state index contributed by atoms with van der Waals surface area (Å²) >= 11 is 0. The molecular weight excluding hydrogens is 416 g/mol. The molecule has 0 bridgehead atoms. The van der Waals surface area contributed by atoms with Gasteiger partial charge in [0.25, 0.3) is 0 Å². The average Bonchev–Trinajstić information content (AvgIpc) is 2.75. The van der Waals surface area contributed by atoms with Crippen molar-refractivity contribution in [3.63, 3.8) is 0 Å². The Kier molecular flexibility index (Phi) is 7.14. The number of fused-ring (bicyclic) bond motifs is 1. The lowest BCUT2D eigenvalue weighted by Crippen LogP contribution is -2.18. The molecule has 0 aliphatic rings. The lowest BCUT2D eigenvalue weighted by molar-refractivity contribution is -0.149. The number of hydrogen-bond donors (Lipinski definition) is 0. The average molecular weight is 440 g/mol. The van der Waals surface area contributed by atoms with Crippen LogP contribution in [0.4, 0.5) is 0 Å². The van der Waals surface area contributed by atoms with Crippen molar-refractivity contribution < 1.29 is 33.0 Å². The summed E-state index contributed by atoms with van der Waals surface area (Å²) in [5.41, 5.74) is 0.322. The van der Waals surface area contributed by atoms with Gasteiger partial charge in [0.1, 0.15) is 22.8 Å². The molecule has 0 N–H and O–H groups in total. The Morgan fingerprint density at radius 3 is 2.38 bits per heavy atom. The number of rotatable bonds is 8. The summed E-state index contributed by atoms with van der Waals surface area (Å²) in [5, 5.41) is 0.297. The van der Waals surface area contributed by atoms with E-state index >= 15 is 0 Å². The standard InChI is InChI=1S/C24H24O8/c1-5-28-24(27)16-6-8-17(9-7-16)32-23-15(4)31-20-12-18(10-11-19(20)22(23)26)29-13-21(25)30-14(2)3/h6-12,14H,5,13H2,1-4H3. The van der Waals surface area contributed by atoms with Gasteiger partial charge in [-0.1, -0.05) is 0 Å². The number of esters is 2. The first-order chi connectivity index (χ1) is 15.3. The van der Waals surface area contributed by atoms with Gasteiger partial charge in [-0.25, -0.2) is 9.59 Å². The van der Waals surface area contributed by atoms with Crippen LogP contribution in [0.15, 0.2) is 51.7 Å². The van der Waals surface area contributed by atoms with Gasteiger partial charge in [0.15, 0.2) is 6.61 Å². The van der Waals surface area contributed by atoms with E-state index in [-0.39, 0.29) is 36.3 Å². The van der Waals surface area contributed by atoms with Gasteiger partial charge in [-0.2, -0.15) is 0 Å². The number of hydrogen-bond acceptors (Lipinski definition) is 8. The Bertz CT molecular complexity index is 1180. The Balaban J connectivity index is 1.80. The van der Waals surface area contributed by atoms with Gasteiger partial charge in [0, 0.05) is 6.07 Å². The molecule has 0 saturated carbocycles. The molecule has 0 saturated heterocycles. The number of carbonyl (C=O) groups excluding carboxylic acids is 2. The molecule has 0 aliphatic carbocycles. The smallest absolute Gasteiger partial charge is 0.344 e. The molecule has 0 amide bonds. The minimum atomic E-state index is -0.490. The highest BCUT2D eigenvalue weighted by Gasteiger charge is 2.16. The summed E-state index contributed by atoms with van der Waals surface area (Å²) in [5.74, 6) is 0.121. The third-order valence-corrected chi connectivity index (χ3v) is 4.30. The molecule has 0 spiro atoms.